The van der Waals surface area contributed by atoms with Gasteiger partial charge < -0.3 is 14.9 Å². The van der Waals surface area contributed by atoms with Gasteiger partial charge in [0.25, 0.3) is 0 Å². The van der Waals surface area contributed by atoms with Crippen LogP contribution < -0.4 is 0 Å². The number of hydrogen-bond donors (Lipinski definition) is 2. The molecule has 0 spiro atoms. The highest BCUT2D eigenvalue weighted by molar-refractivity contribution is 5.11. The Bertz CT molecular complexity index is 236. The van der Waals surface area contributed by atoms with Crippen molar-refractivity contribution >= 4 is 0 Å². The first-order chi connectivity index (χ1) is 6.11. The van der Waals surface area contributed by atoms with Gasteiger partial charge in [-0.2, -0.15) is 0 Å². The lowest BCUT2D eigenvalue weighted by molar-refractivity contribution is -0.124. The summed E-state index contributed by atoms with van der Waals surface area (Å²) in [7, 11) is 0. The lowest BCUT2D eigenvalue weighted by atomic mass is 9.84. The van der Waals surface area contributed by atoms with E-state index in [0.29, 0.717) is 5.92 Å². The number of hydrogen-bond acceptors (Lipinski definition) is 3. The van der Waals surface area contributed by atoms with E-state index in [4.69, 9.17) is 4.74 Å². The van der Waals surface area contributed by atoms with Crippen molar-refractivity contribution in [3.05, 3.63) is 11.8 Å². The summed E-state index contributed by atoms with van der Waals surface area (Å²) < 4.78 is 5.11. The zero-order valence-corrected chi connectivity index (χ0v) is 7.97. The lowest BCUT2D eigenvalue weighted by Gasteiger charge is -2.31. The number of aliphatic hydroxyl groups is 2. The summed E-state index contributed by atoms with van der Waals surface area (Å²) >= 11 is 0. The number of fused-ring (bicyclic) bond motifs is 1. The maximum absolute atomic E-state index is 9.67. The highest BCUT2D eigenvalue weighted by Crippen LogP contribution is 2.45. The van der Waals surface area contributed by atoms with E-state index in [1.54, 1.807) is 6.26 Å². The van der Waals surface area contributed by atoms with E-state index in [1.807, 2.05) is 13.8 Å². The van der Waals surface area contributed by atoms with Gasteiger partial charge in [0.15, 0.2) is 6.29 Å². The van der Waals surface area contributed by atoms with Gasteiger partial charge in [-0.25, -0.2) is 0 Å². The van der Waals surface area contributed by atoms with Crippen LogP contribution >= 0.6 is 0 Å². The van der Waals surface area contributed by atoms with E-state index < -0.39 is 6.29 Å². The molecule has 0 aromatic rings. The Morgan fingerprint density at radius 2 is 2.15 bits per heavy atom. The predicted octanol–water partition coefficient (Wildman–Crippen LogP) is 0.872. The van der Waals surface area contributed by atoms with Crippen LogP contribution in [0.4, 0.5) is 0 Å². The summed E-state index contributed by atoms with van der Waals surface area (Å²) in [5, 5.41) is 19.3. The second kappa shape index (κ2) is 3.00. The third-order valence-corrected chi connectivity index (χ3v) is 3.48. The Labute approximate surface area is 78.0 Å². The molecule has 3 nitrogen and oxygen atoms in total. The Hall–Kier alpha value is -0.540. The maximum Gasteiger partial charge on any atom is 0.200 e. The molecule has 1 aliphatic heterocycles. The van der Waals surface area contributed by atoms with Crippen molar-refractivity contribution in [1.82, 2.24) is 0 Å². The van der Waals surface area contributed by atoms with Crippen molar-refractivity contribution in [1.29, 1.82) is 0 Å². The second-order valence-corrected chi connectivity index (χ2v) is 4.23. The fourth-order valence-corrected chi connectivity index (χ4v) is 2.56. The van der Waals surface area contributed by atoms with E-state index in [2.05, 4.69) is 0 Å². The van der Waals surface area contributed by atoms with E-state index >= 15 is 0 Å². The fourth-order valence-electron chi connectivity index (χ4n) is 2.56. The summed E-state index contributed by atoms with van der Waals surface area (Å²) in [5.74, 6) is 0.498. The van der Waals surface area contributed by atoms with Gasteiger partial charge in [0.1, 0.15) is 0 Å². The Balaban J connectivity index is 2.26. The van der Waals surface area contributed by atoms with Crippen LogP contribution in [0.5, 0.6) is 0 Å². The molecule has 0 unspecified atom stereocenters. The first kappa shape index (κ1) is 9.03. The van der Waals surface area contributed by atoms with Gasteiger partial charge in [-0.3, -0.25) is 0 Å². The first-order valence-corrected chi connectivity index (χ1v) is 4.79. The molecule has 2 rings (SSSR count). The Kier molecular flexibility index (Phi) is 2.08. The van der Waals surface area contributed by atoms with Crippen LogP contribution in [0.25, 0.3) is 0 Å². The van der Waals surface area contributed by atoms with Crippen LogP contribution in [0.15, 0.2) is 11.8 Å². The molecule has 0 bridgehead atoms. The van der Waals surface area contributed by atoms with Crippen LogP contribution in [0.3, 0.4) is 0 Å². The zero-order valence-electron chi connectivity index (χ0n) is 7.97. The van der Waals surface area contributed by atoms with Gasteiger partial charge in [-0.05, 0) is 30.8 Å². The molecule has 1 aliphatic carbocycles. The van der Waals surface area contributed by atoms with Crippen LogP contribution in [-0.4, -0.2) is 22.6 Å². The minimum atomic E-state index is -0.735. The minimum absolute atomic E-state index is 0.0694. The molecule has 5 atom stereocenters. The number of aliphatic hydroxyl groups excluding tert-OH is 2. The summed E-state index contributed by atoms with van der Waals surface area (Å²) in [5.41, 5.74) is 1.14. The Morgan fingerprint density at radius 3 is 2.77 bits per heavy atom. The average molecular weight is 184 g/mol. The van der Waals surface area contributed by atoms with E-state index in [9.17, 15) is 10.2 Å². The minimum Gasteiger partial charge on any atom is -0.472 e. The summed E-state index contributed by atoms with van der Waals surface area (Å²) in [4.78, 5) is 0. The summed E-state index contributed by atoms with van der Waals surface area (Å²) in [6, 6.07) is 0. The van der Waals surface area contributed by atoms with Crippen LogP contribution in [0, 0.1) is 17.8 Å². The van der Waals surface area contributed by atoms with Crippen molar-refractivity contribution in [2.45, 2.75) is 32.7 Å². The normalized spacial score (nSPS) is 49.5. The van der Waals surface area contributed by atoms with Crippen molar-refractivity contribution in [3.8, 4) is 0 Å². The van der Waals surface area contributed by atoms with Crippen molar-refractivity contribution in [2.24, 2.45) is 17.8 Å². The SMILES string of the molecule is CC1=CO[C@@H](O)[C@@H]2[C@@H](C)[C@@H](O)C[C@H]12. The topological polar surface area (TPSA) is 49.7 Å². The fraction of sp³-hybridized carbons (Fsp3) is 0.800. The lowest BCUT2D eigenvalue weighted by Crippen LogP contribution is -2.33. The molecule has 74 valence electrons. The largest absolute Gasteiger partial charge is 0.472 e. The molecule has 0 amide bonds. The van der Waals surface area contributed by atoms with Crippen molar-refractivity contribution in [3.63, 3.8) is 0 Å². The first-order valence-electron chi connectivity index (χ1n) is 4.79. The Morgan fingerprint density at radius 1 is 1.46 bits per heavy atom. The van der Waals surface area contributed by atoms with E-state index in [-0.39, 0.29) is 17.9 Å². The second-order valence-electron chi connectivity index (χ2n) is 4.23. The molecule has 1 heterocycles. The molecule has 2 aliphatic rings. The van der Waals surface area contributed by atoms with Crippen LogP contribution in [0.1, 0.15) is 20.3 Å². The van der Waals surface area contributed by atoms with Gasteiger partial charge in [-0.1, -0.05) is 6.92 Å². The third kappa shape index (κ3) is 1.27. The van der Waals surface area contributed by atoms with Crippen LogP contribution in [0.2, 0.25) is 0 Å². The molecule has 0 aromatic carbocycles. The molecule has 13 heavy (non-hydrogen) atoms. The molecular formula is C10H16O3. The van der Waals surface area contributed by atoms with Gasteiger partial charge in [-0.15, -0.1) is 0 Å². The predicted molar refractivity (Wildman–Crippen MR) is 47.6 cm³/mol. The molecule has 3 heteroatoms. The monoisotopic (exact) mass is 184 g/mol. The summed E-state index contributed by atoms with van der Waals surface area (Å²) in [6.45, 7) is 3.97. The van der Waals surface area contributed by atoms with E-state index in [1.165, 1.54) is 0 Å². The number of ether oxygens (including phenoxy) is 1. The van der Waals surface area contributed by atoms with E-state index in [0.717, 1.165) is 12.0 Å². The van der Waals surface area contributed by atoms with Crippen molar-refractivity contribution < 1.29 is 14.9 Å². The highest BCUT2D eigenvalue weighted by atomic mass is 16.6. The molecule has 1 fully saturated rings. The van der Waals surface area contributed by atoms with Gasteiger partial charge >= 0.3 is 0 Å². The molecule has 2 N–H and O–H groups in total. The standard InChI is InChI=1S/C10H16O3/c1-5-4-13-10(12)9-6(2)8(11)3-7(5)9/h4,6-12H,3H2,1-2H3/t6-,7+,8-,9+,10+/m0/s1. The molecular weight excluding hydrogens is 168 g/mol. The molecule has 1 saturated carbocycles. The molecule has 0 radical (unpaired) electrons. The quantitative estimate of drug-likeness (QED) is 0.587. The van der Waals surface area contributed by atoms with Crippen LogP contribution in [-0.2, 0) is 4.74 Å². The smallest absolute Gasteiger partial charge is 0.200 e. The highest BCUT2D eigenvalue weighted by Gasteiger charge is 2.46. The molecule has 0 saturated heterocycles. The number of allylic oxidation sites excluding steroid dienone is 1. The maximum atomic E-state index is 9.67. The number of rotatable bonds is 0. The van der Waals surface area contributed by atoms with Crippen molar-refractivity contribution in [2.75, 3.05) is 0 Å². The van der Waals surface area contributed by atoms with Gasteiger partial charge in [0.2, 0.25) is 0 Å². The third-order valence-electron chi connectivity index (χ3n) is 3.48. The molecule has 0 aromatic heterocycles. The average Bonchev–Trinajstić information content (AvgIpc) is 2.38. The van der Waals surface area contributed by atoms with Gasteiger partial charge in [0, 0.05) is 5.92 Å². The zero-order chi connectivity index (χ0) is 9.59. The van der Waals surface area contributed by atoms with Gasteiger partial charge in [0.05, 0.1) is 12.4 Å². The summed E-state index contributed by atoms with van der Waals surface area (Å²) in [6.07, 6.45) is 1.35.